The van der Waals surface area contributed by atoms with E-state index in [2.05, 4.69) is 33.1 Å². The normalized spacial score (nSPS) is 22.5. The zero-order valence-corrected chi connectivity index (χ0v) is 14.5. The van der Waals surface area contributed by atoms with Gasteiger partial charge in [0.2, 0.25) is 0 Å². The van der Waals surface area contributed by atoms with E-state index in [0.29, 0.717) is 6.04 Å². The van der Waals surface area contributed by atoms with Crippen molar-refractivity contribution in [2.24, 2.45) is 10.9 Å². The molecule has 2 fully saturated rings. The van der Waals surface area contributed by atoms with E-state index >= 15 is 0 Å². The van der Waals surface area contributed by atoms with Gasteiger partial charge in [-0.15, -0.1) is 0 Å². The van der Waals surface area contributed by atoms with E-state index in [1.165, 1.54) is 25.7 Å². The van der Waals surface area contributed by atoms with Gasteiger partial charge in [0.25, 0.3) is 0 Å². The molecule has 3 heterocycles. The van der Waals surface area contributed by atoms with Crippen LogP contribution in [0.4, 0.5) is 0 Å². The van der Waals surface area contributed by atoms with E-state index < -0.39 is 0 Å². The van der Waals surface area contributed by atoms with E-state index in [9.17, 15) is 0 Å². The summed E-state index contributed by atoms with van der Waals surface area (Å²) in [5.74, 6) is 2.93. The molecule has 2 saturated heterocycles. The average Bonchev–Trinajstić information content (AvgIpc) is 3.27. The maximum Gasteiger partial charge on any atom is 0.193 e. The second kappa shape index (κ2) is 7.86. The summed E-state index contributed by atoms with van der Waals surface area (Å²) in [6, 6.07) is 4.38. The van der Waals surface area contributed by atoms with Crippen molar-refractivity contribution >= 4 is 5.96 Å². The Labute approximate surface area is 139 Å². The topological polar surface area (TPSA) is 44.0 Å². The van der Waals surface area contributed by atoms with Crippen LogP contribution < -0.4 is 5.32 Å². The van der Waals surface area contributed by atoms with Crippen LogP contribution in [0.15, 0.2) is 27.8 Å². The van der Waals surface area contributed by atoms with Crippen LogP contribution in [0.1, 0.15) is 44.4 Å². The molecule has 23 heavy (non-hydrogen) atoms. The monoisotopic (exact) mass is 318 g/mol. The summed E-state index contributed by atoms with van der Waals surface area (Å²) in [5.41, 5.74) is 0. The van der Waals surface area contributed by atoms with Crippen LogP contribution in [0.25, 0.3) is 0 Å². The third kappa shape index (κ3) is 4.08. The Morgan fingerprint density at radius 2 is 2.04 bits per heavy atom. The van der Waals surface area contributed by atoms with Crippen molar-refractivity contribution in [3.8, 4) is 0 Å². The molecule has 1 aromatic heterocycles. The first kappa shape index (κ1) is 16.4. The number of likely N-dealkylation sites (tertiary alicyclic amines) is 2. The van der Waals surface area contributed by atoms with Gasteiger partial charge in [0.15, 0.2) is 5.96 Å². The van der Waals surface area contributed by atoms with Crippen LogP contribution in [0, 0.1) is 5.92 Å². The van der Waals surface area contributed by atoms with Crippen molar-refractivity contribution < 1.29 is 4.42 Å². The highest BCUT2D eigenvalue weighted by atomic mass is 16.3. The van der Waals surface area contributed by atoms with Gasteiger partial charge >= 0.3 is 0 Å². The van der Waals surface area contributed by atoms with Crippen LogP contribution in [-0.4, -0.2) is 55.5 Å². The minimum absolute atomic E-state index is 0.299. The van der Waals surface area contributed by atoms with E-state index in [0.717, 1.165) is 50.4 Å². The zero-order valence-electron chi connectivity index (χ0n) is 14.5. The molecule has 5 nitrogen and oxygen atoms in total. The first-order valence-electron chi connectivity index (χ1n) is 9.01. The quantitative estimate of drug-likeness (QED) is 0.685. The largest absolute Gasteiger partial charge is 0.468 e. The van der Waals surface area contributed by atoms with Crippen LogP contribution in [0.2, 0.25) is 0 Å². The molecule has 2 aliphatic rings. The predicted octanol–water partition coefficient (Wildman–Crippen LogP) is 2.72. The minimum Gasteiger partial charge on any atom is -0.468 e. The zero-order chi connectivity index (χ0) is 16.1. The predicted molar refractivity (Wildman–Crippen MR) is 93.6 cm³/mol. The Morgan fingerprint density at radius 1 is 1.30 bits per heavy atom. The molecule has 0 saturated carbocycles. The van der Waals surface area contributed by atoms with E-state index in [4.69, 9.17) is 4.42 Å². The molecule has 2 aliphatic heterocycles. The third-order valence-corrected chi connectivity index (χ3v) is 5.20. The first-order chi connectivity index (χ1) is 11.3. The highest BCUT2D eigenvalue weighted by Crippen LogP contribution is 2.25. The number of rotatable bonds is 4. The lowest BCUT2D eigenvalue weighted by atomic mass is 9.99. The number of hydrogen-bond acceptors (Lipinski definition) is 3. The van der Waals surface area contributed by atoms with E-state index in [-0.39, 0.29) is 0 Å². The molecule has 0 amide bonds. The van der Waals surface area contributed by atoms with Gasteiger partial charge in [-0.2, -0.15) is 0 Å². The maximum absolute atomic E-state index is 5.70. The number of guanidine groups is 1. The second-order valence-electron chi connectivity index (χ2n) is 6.87. The number of aliphatic imine (C=N–C) groups is 1. The second-order valence-corrected chi connectivity index (χ2v) is 6.87. The fourth-order valence-electron chi connectivity index (χ4n) is 3.68. The summed E-state index contributed by atoms with van der Waals surface area (Å²) in [4.78, 5) is 9.42. The molecular formula is C18H30N4O. The molecule has 0 aromatic carbocycles. The molecule has 0 radical (unpaired) electrons. The smallest absolute Gasteiger partial charge is 0.193 e. The Kier molecular flexibility index (Phi) is 5.60. The first-order valence-corrected chi connectivity index (χ1v) is 9.01. The van der Waals surface area contributed by atoms with Crippen molar-refractivity contribution in [2.45, 2.75) is 38.6 Å². The Morgan fingerprint density at radius 3 is 2.65 bits per heavy atom. The van der Waals surface area contributed by atoms with Crippen LogP contribution in [0.3, 0.4) is 0 Å². The van der Waals surface area contributed by atoms with Crippen LogP contribution >= 0.6 is 0 Å². The van der Waals surface area contributed by atoms with Gasteiger partial charge in [0.05, 0.1) is 12.3 Å². The van der Waals surface area contributed by atoms with Gasteiger partial charge in [0, 0.05) is 26.7 Å². The number of hydrogen-bond donors (Lipinski definition) is 1. The number of furan rings is 1. The van der Waals surface area contributed by atoms with E-state index in [1.807, 2.05) is 13.1 Å². The summed E-state index contributed by atoms with van der Waals surface area (Å²) >= 11 is 0. The lowest BCUT2D eigenvalue weighted by Crippen LogP contribution is -2.47. The standard InChI is InChI=1S/C18H30N4O/c1-15-7-11-22(12-8-15)18(19-2)20-14-16(17-6-5-13-23-17)21-9-3-4-10-21/h5-6,13,15-16H,3-4,7-12,14H2,1-2H3,(H,19,20). The van der Waals surface area contributed by atoms with Crippen molar-refractivity contribution in [2.75, 3.05) is 39.8 Å². The van der Waals surface area contributed by atoms with Crippen LogP contribution in [-0.2, 0) is 0 Å². The molecule has 1 N–H and O–H groups in total. The maximum atomic E-state index is 5.70. The lowest BCUT2D eigenvalue weighted by molar-refractivity contribution is 0.211. The van der Waals surface area contributed by atoms with Gasteiger partial charge in [-0.1, -0.05) is 6.92 Å². The Hall–Kier alpha value is -1.49. The molecule has 0 spiro atoms. The fraction of sp³-hybridized carbons (Fsp3) is 0.722. The molecule has 128 valence electrons. The Balaban J connectivity index is 1.61. The van der Waals surface area contributed by atoms with Gasteiger partial charge in [0.1, 0.15) is 5.76 Å². The molecule has 1 unspecified atom stereocenters. The molecule has 5 heteroatoms. The van der Waals surface area contributed by atoms with Crippen molar-refractivity contribution in [3.63, 3.8) is 0 Å². The Bertz CT molecular complexity index is 485. The molecule has 0 aliphatic carbocycles. The summed E-state index contributed by atoms with van der Waals surface area (Å²) in [7, 11) is 1.89. The average molecular weight is 318 g/mol. The highest BCUT2D eigenvalue weighted by Gasteiger charge is 2.26. The third-order valence-electron chi connectivity index (χ3n) is 5.20. The van der Waals surface area contributed by atoms with Crippen molar-refractivity contribution in [3.05, 3.63) is 24.2 Å². The molecular weight excluding hydrogens is 288 g/mol. The van der Waals surface area contributed by atoms with Crippen LogP contribution in [0.5, 0.6) is 0 Å². The molecule has 3 rings (SSSR count). The molecule has 1 atom stereocenters. The molecule has 0 bridgehead atoms. The number of nitrogens with one attached hydrogen (secondary N) is 1. The summed E-state index contributed by atoms with van der Waals surface area (Å²) < 4.78 is 5.70. The summed E-state index contributed by atoms with van der Waals surface area (Å²) in [6.07, 6.45) is 6.87. The summed E-state index contributed by atoms with van der Waals surface area (Å²) in [5, 5.41) is 3.59. The number of nitrogens with zero attached hydrogens (tertiary/aromatic N) is 3. The molecule has 1 aromatic rings. The number of piperidine rings is 1. The SMILES string of the molecule is CN=C(NCC(c1ccco1)N1CCCC1)N1CCC(C)CC1. The van der Waals surface area contributed by atoms with Crippen molar-refractivity contribution in [1.82, 2.24) is 15.1 Å². The van der Waals surface area contributed by atoms with Gasteiger partial charge in [-0.3, -0.25) is 9.89 Å². The lowest BCUT2D eigenvalue weighted by Gasteiger charge is -2.34. The van der Waals surface area contributed by atoms with Crippen molar-refractivity contribution in [1.29, 1.82) is 0 Å². The summed E-state index contributed by atoms with van der Waals surface area (Å²) in [6.45, 7) is 7.73. The van der Waals surface area contributed by atoms with Gasteiger partial charge in [-0.25, -0.2) is 0 Å². The van der Waals surface area contributed by atoms with Gasteiger partial charge < -0.3 is 14.6 Å². The van der Waals surface area contributed by atoms with E-state index in [1.54, 1.807) is 6.26 Å². The van der Waals surface area contributed by atoms with Gasteiger partial charge in [-0.05, 0) is 56.8 Å². The minimum atomic E-state index is 0.299. The fourth-order valence-corrected chi connectivity index (χ4v) is 3.68. The highest BCUT2D eigenvalue weighted by molar-refractivity contribution is 5.80.